The molecule has 18 heavy (non-hydrogen) atoms. The molecule has 0 radical (unpaired) electrons. The Bertz CT molecular complexity index is 540. The molecule has 0 aliphatic carbocycles. The SMILES string of the molecule is OC(Cc1ccc(F)cc1Cl)c1ccc(Cl)cc1. The minimum absolute atomic E-state index is 0.322. The lowest BCUT2D eigenvalue weighted by Crippen LogP contribution is -2.02. The molecule has 1 nitrogen and oxygen atoms in total. The van der Waals surface area contributed by atoms with E-state index in [0.717, 1.165) is 5.56 Å². The van der Waals surface area contributed by atoms with Crippen molar-refractivity contribution in [3.05, 3.63) is 69.5 Å². The summed E-state index contributed by atoms with van der Waals surface area (Å²) in [5.74, 6) is -0.385. The Morgan fingerprint density at radius 1 is 1.06 bits per heavy atom. The van der Waals surface area contributed by atoms with Gasteiger partial charge < -0.3 is 5.11 Å². The monoisotopic (exact) mass is 284 g/mol. The second-order valence-electron chi connectivity index (χ2n) is 4.01. The van der Waals surface area contributed by atoms with Gasteiger partial charge in [-0.25, -0.2) is 4.39 Å². The zero-order chi connectivity index (χ0) is 13.1. The van der Waals surface area contributed by atoms with Gasteiger partial charge in [0.15, 0.2) is 0 Å². The standard InChI is InChI=1S/C14H11Cl2FO/c15-11-4-1-9(2-5-11)14(18)7-10-3-6-12(17)8-13(10)16/h1-6,8,14,18H,7H2. The van der Waals surface area contributed by atoms with E-state index >= 15 is 0 Å². The zero-order valence-corrected chi connectivity index (χ0v) is 10.9. The van der Waals surface area contributed by atoms with Crippen molar-refractivity contribution in [2.75, 3.05) is 0 Å². The van der Waals surface area contributed by atoms with Gasteiger partial charge in [-0.1, -0.05) is 41.4 Å². The third kappa shape index (κ3) is 3.22. The van der Waals surface area contributed by atoms with E-state index < -0.39 is 6.10 Å². The van der Waals surface area contributed by atoms with Crippen LogP contribution < -0.4 is 0 Å². The number of aliphatic hydroxyl groups excluding tert-OH is 1. The predicted octanol–water partition coefficient (Wildman–Crippen LogP) is 4.41. The summed E-state index contributed by atoms with van der Waals surface area (Å²) < 4.78 is 12.9. The molecule has 94 valence electrons. The highest BCUT2D eigenvalue weighted by Gasteiger charge is 2.11. The molecule has 0 aliphatic rings. The highest BCUT2D eigenvalue weighted by Crippen LogP contribution is 2.25. The van der Waals surface area contributed by atoms with E-state index in [9.17, 15) is 9.50 Å². The van der Waals surface area contributed by atoms with Crippen LogP contribution in [0.15, 0.2) is 42.5 Å². The van der Waals surface area contributed by atoms with Crippen molar-refractivity contribution in [3.63, 3.8) is 0 Å². The quantitative estimate of drug-likeness (QED) is 0.885. The van der Waals surface area contributed by atoms with Crippen molar-refractivity contribution >= 4 is 23.2 Å². The number of benzene rings is 2. The van der Waals surface area contributed by atoms with Crippen LogP contribution in [-0.4, -0.2) is 5.11 Å². The van der Waals surface area contributed by atoms with Crippen LogP contribution in [0.1, 0.15) is 17.2 Å². The average Bonchev–Trinajstić information content (AvgIpc) is 2.33. The second-order valence-corrected chi connectivity index (χ2v) is 4.85. The number of hydrogen-bond acceptors (Lipinski definition) is 1. The van der Waals surface area contributed by atoms with E-state index in [-0.39, 0.29) is 5.82 Å². The molecule has 2 aromatic rings. The van der Waals surface area contributed by atoms with Gasteiger partial charge in [0.05, 0.1) is 6.10 Å². The summed E-state index contributed by atoms with van der Waals surface area (Å²) in [4.78, 5) is 0. The fourth-order valence-corrected chi connectivity index (χ4v) is 2.07. The van der Waals surface area contributed by atoms with Gasteiger partial charge in [-0.2, -0.15) is 0 Å². The maximum Gasteiger partial charge on any atom is 0.124 e. The van der Waals surface area contributed by atoms with Gasteiger partial charge in [-0.3, -0.25) is 0 Å². The van der Waals surface area contributed by atoms with Crippen LogP contribution in [0, 0.1) is 5.82 Å². The minimum Gasteiger partial charge on any atom is -0.388 e. The summed E-state index contributed by atoms with van der Waals surface area (Å²) in [6.45, 7) is 0. The van der Waals surface area contributed by atoms with Crippen LogP contribution in [0.25, 0.3) is 0 Å². The number of aliphatic hydroxyl groups is 1. The summed E-state index contributed by atoms with van der Waals surface area (Å²) in [6.07, 6.45) is -0.356. The molecule has 0 saturated carbocycles. The van der Waals surface area contributed by atoms with Crippen LogP contribution in [0.5, 0.6) is 0 Å². The lowest BCUT2D eigenvalue weighted by atomic mass is 10.0. The normalized spacial score (nSPS) is 12.4. The average molecular weight is 285 g/mol. The molecule has 4 heteroatoms. The Labute approximate surface area is 115 Å². The van der Waals surface area contributed by atoms with E-state index in [0.29, 0.717) is 22.0 Å². The molecule has 0 bridgehead atoms. The predicted molar refractivity (Wildman–Crippen MR) is 71.5 cm³/mol. The molecular weight excluding hydrogens is 274 g/mol. The maximum atomic E-state index is 12.9. The first-order valence-electron chi connectivity index (χ1n) is 5.44. The molecule has 0 spiro atoms. The van der Waals surface area contributed by atoms with Gasteiger partial charge in [-0.05, 0) is 35.4 Å². The van der Waals surface area contributed by atoms with Gasteiger partial charge >= 0.3 is 0 Å². The largest absolute Gasteiger partial charge is 0.388 e. The summed E-state index contributed by atoms with van der Waals surface area (Å²) in [7, 11) is 0. The smallest absolute Gasteiger partial charge is 0.124 e. The molecule has 1 unspecified atom stereocenters. The molecule has 2 rings (SSSR count). The molecular formula is C14H11Cl2FO. The van der Waals surface area contributed by atoms with E-state index in [1.807, 2.05) is 0 Å². The molecule has 0 heterocycles. The topological polar surface area (TPSA) is 20.2 Å². The van der Waals surface area contributed by atoms with Gasteiger partial charge in [-0.15, -0.1) is 0 Å². The van der Waals surface area contributed by atoms with Crippen LogP contribution in [0.3, 0.4) is 0 Å². The van der Waals surface area contributed by atoms with Crippen molar-refractivity contribution in [2.45, 2.75) is 12.5 Å². The van der Waals surface area contributed by atoms with Gasteiger partial charge in [0.2, 0.25) is 0 Å². The van der Waals surface area contributed by atoms with E-state index in [2.05, 4.69) is 0 Å². The third-order valence-electron chi connectivity index (χ3n) is 2.68. The highest BCUT2D eigenvalue weighted by atomic mass is 35.5. The van der Waals surface area contributed by atoms with Gasteiger partial charge in [0, 0.05) is 16.5 Å². The Kier molecular flexibility index (Phi) is 4.23. The van der Waals surface area contributed by atoms with Gasteiger partial charge in [0.1, 0.15) is 5.82 Å². The fraction of sp³-hybridized carbons (Fsp3) is 0.143. The first-order chi connectivity index (χ1) is 8.56. The Hall–Kier alpha value is -1.09. The van der Waals surface area contributed by atoms with Crippen LogP contribution in [0.2, 0.25) is 10.0 Å². The van der Waals surface area contributed by atoms with Crippen LogP contribution >= 0.6 is 23.2 Å². The van der Waals surface area contributed by atoms with Crippen molar-refractivity contribution in [1.29, 1.82) is 0 Å². The molecule has 0 amide bonds. The summed E-state index contributed by atoms with van der Waals surface area (Å²) in [5, 5.41) is 11.0. The molecule has 0 aliphatic heterocycles. The highest BCUT2D eigenvalue weighted by molar-refractivity contribution is 6.31. The summed E-state index contributed by atoms with van der Waals surface area (Å²) >= 11 is 11.7. The molecule has 0 aromatic heterocycles. The lowest BCUT2D eigenvalue weighted by Gasteiger charge is -2.12. The fourth-order valence-electron chi connectivity index (χ4n) is 1.70. The summed E-state index contributed by atoms with van der Waals surface area (Å²) in [5.41, 5.74) is 1.46. The van der Waals surface area contributed by atoms with Gasteiger partial charge in [0.25, 0.3) is 0 Å². The lowest BCUT2D eigenvalue weighted by molar-refractivity contribution is 0.178. The van der Waals surface area contributed by atoms with Crippen molar-refractivity contribution < 1.29 is 9.50 Å². The Balaban J connectivity index is 2.15. The molecule has 2 aromatic carbocycles. The number of halogens is 3. The van der Waals surface area contributed by atoms with E-state index in [1.165, 1.54) is 12.1 Å². The maximum absolute atomic E-state index is 12.9. The van der Waals surface area contributed by atoms with Crippen molar-refractivity contribution in [1.82, 2.24) is 0 Å². The van der Waals surface area contributed by atoms with E-state index in [4.69, 9.17) is 23.2 Å². The molecule has 1 N–H and O–H groups in total. The molecule has 0 fully saturated rings. The summed E-state index contributed by atoms with van der Waals surface area (Å²) in [6, 6.07) is 11.1. The van der Waals surface area contributed by atoms with Crippen molar-refractivity contribution in [2.24, 2.45) is 0 Å². The van der Waals surface area contributed by atoms with E-state index in [1.54, 1.807) is 30.3 Å². The number of hydrogen-bond donors (Lipinski definition) is 1. The first kappa shape index (κ1) is 13.3. The minimum atomic E-state index is -0.690. The Morgan fingerprint density at radius 3 is 2.33 bits per heavy atom. The zero-order valence-electron chi connectivity index (χ0n) is 9.41. The van der Waals surface area contributed by atoms with Crippen LogP contribution in [0.4, 0.5) is 4.39 Å². The molecule has 0 saturated heterocycles. The second kappa shape index (κ2) is 5.70. The Morgan fingerprint density at radius 2 is 1.72 bits per heavy atom. The number of rotatable bonds is 3. The van der Waals surface area contributed by atoms with Crippen LogP contribution in [-0.2, 0) is 6.42 Å². The molecule has 1 atom stereocenters. The van der Waals surface area contributed by atoms with Crippen molar-refractivity contribution in [3.8, 4) is 0 Å². The third-order valence-corrected chi connectivity index (χ3v) is 3.29. The first-order valence-corrected chi connectivity index (χ1v) is 6.19.